The fraction of sp³-hybridized carbons (Fsp3) is 0.333. The molecule has 0 radical (unpaired) electrons. The van der Waals surface area contributed by atoms with Crippen LogP contribution in [0.15, 0.2) is 34.6 Å². The fourth-order valence-electron chi connectivity index (χ4n) is 1.48. The molecule has 96 valence electrons. The Bertz CT molecular complexity index is 539. The zero-order valence-corrected chi connectivity index (χ0v) is 11.4. The molecule has 1 aromatic heterocycles. The molecule has 0 aliphatic rings. The zero-order chi connectivity index (χ0) is 13.1. The Morgan fingerprint density at radius 2 is 2.11 bits per heavy atom. The van der Waals surface area contributed by atoms with Gasteiger partial charge in [-0.15, -0.1) is 0 Å². The summed E-state index contributed by atoms with van der Waals surface area (Å²) in [6.45, 7) is 3.97. The van der Waals surface area contributed by atoms with Gasteiger partial charge in [-0.1, -0.05) is 0 Å². The normalized spacial score (nSPS) is 10.9. The van der Waals surface area contributed by atoms with Crippen molar-refractivity contribution in [2.24, 2.45) is 7.05 Å². The molecule has 0 atom stereocenters. The van der Waals surface area contributed by atoms with Gasteiger partial charge in [0.05, 0.1) is 6.10 Å². The molecule has 18 heavy (non-hydrogen) atoms. The van der Waals surface area contributed by atoms with Gasteiger partial charge in [0.25, 0.3) is 0 Å². The van der Waals surface area contributed by atoms with Crippen molar-refractivity contribution in [2.75, 3.05) is 5.73 Å². The molecule has 0 aliphatic heterocycles. The van der Waals surface area contributed by atoms with Crippen LogP contribution < -0.4 is 10.5 Å². The van der Waals surface area contributed by atoms with Crippen LogP contribution in [-0.2, 0) is 7.05 Å². The number of nitrogen functional groups attached to an aromatic ring is 1. The van der Waals surface area contributed by atoms with E-state index >= 15 is 0 Å². The maximum absolute atomic E-state index is 5.87. The molecule has 0 unspecified atom stereocenters. The maximum atomic E-state index is 5.87. The highest BCUT2D eigenvalue weighted by molar-refractivity contribution is 7.99. The van der Waals surface area contributed by atoms with Crippen molar-refractivity contribution in [3.05, 3.63) is 24.5 Å². The highest BCUT2D eigenvalue weighted by Gasteiger charge is 2.07. The van der Waals surface area contributed by atoms with Crippen LogP contribution in [0, 0.1) is 0 Å². The van der Waals surface area contributed by atoms with Crippen LogP contribution >= 0.6 is 11.8 Å². The Morgan fingerprint density at radius 3 is 2.72 bits per heavy atom. The number of hydrogen-bond donors (Lipinski definition) is 1. The molecule has 1 aromatic carbocycles. The van der Waals surface area contributed by atoms with E-state index < -0.39 is 0 Å². The Hall–Kier alpha value is -1.69. The number of anilines is 1. The largest absolute Gasteiger partial charge is 0.491 e. The van der Waals surface area contributed by atoms with Crippen LogP contribution in [0.25, 0.3) is 0 Å². The zero-order valence-electron chi connectivity index (χ0n) is 10.6. The van der Waals surface area contributed by atoms with Crippen molar-refractivity contribution >= 4 is 17.4 Å². The van der Waals surface area contributed by atoms with E-state index in [1.54, 1.807) is 4.68 Å². The Kier molecular flexibility index (Phi) is 3.76. The highest BCUT2D eigenvalue weighted by atomic mass is 32.2. The molecule has 0 saturated heterocycles. The van der Waals surface area contributed by atoms with Crippen LogP contribution in [0.2, 0.25) is 0 Å². The van der Waals surface area contributed by atoms with Gasteiger partial charge in [-0.05, 0) is 37.7 Å². The minimum absolute atomic E-state index is 0.125. The topological polar surface area (TPSA) is 66.0 Å². The van der Waals surface area contributed by atoms with Crippen LogP contribution in [0.3, 0.4) is 0 Å². The van der Waals surface area contributed by atoms with Crippen LogP contribution in [0.4, 0.5) is 5.69 Å². The Labute approximate surface area is 110 Å². The number of ether oxygens (including phenoxy) is 1. The summed E-state index contributed by atoms with van der Waals surface area (Å²) in [7, 11) is 1.85. The van der Waals surface area contributed by atoms with Gasteiger partial charge < -0.3 is 10.5 Å². The monoisotopic (exact) mass is 264 g/mol. The van der Waals surface area contributed by atoms with E-state index in [0.717, 1.165) is 15.8 Å². The summed E-state index contributed by atoms with van der Waals surface area (Å²) in [4.78, 5) is 5.15. The first-order valence-electron chi connectivity index (χ1n) is 5.63. The van der Waals surface area contributed by atoms with Crippen molar-refractivity contribution in [1.29, 1.82) is 0 Å². The van der Waals surface area contributed by atoms with Crippen molar-refractivity contribution in [3.8, 4) is 5.75 Å². The first-order valence-corrected chi connectivity index (χ1v) is 6.45. The maximum Gasteiger partial charge on any atom is 0.190 e. The van der Waals surface area contributed by atoms with Gasteiger partial charge in [-0.2, -0.15) is 5.10 Å². The second-order valence-electron chi connectivity index (χ2n) is 4.17. The number of hydrogen-bond acceptors (Lipinski definition) is 5. The number of benzene rings is 1. The molecule has 0 saturated carbocycles. The third-order valence-electron chi connectivity index (χ3n) is 2.15. The molecule has 1 heterocycles. The van der Waals surface area contributed by atoms with Crippen molar-refractivity contribution in [3.63, 3.8) is 0 Å². The summed E-state index contributed by atoms with van der Waals surface area (Å²) < 4.78 is 7.37. The van der Waals surface area contributed by atoms with Gasteiger partial charge in [-0.25, -0.2) is 9.67 Å². The van der Waals surface area contributed by atoms with E-state index in [-0.39, 0.29) is 6.10 Å². The van der Waals surface area contributed by atoms with E-state index in [4.69, 9.17) is 10.5 Å². The quantitative estimate of drug-likeness (QED) is 0.859. The van der Waals surface area contributed by atoms with Gasteiger partial charge in [0, 0.05) is 23.7 Å². The first-order chi connectivity index (χ1) is 8.54. The SMILES string of the molecule is CC(C)Oc1cc(N)cc(Sc2ncnn2C)c1. The standard InChI is InChI=1S/C12H16N4OS/c1-8(2)17-10-4-9(13)5-11(6-10)18-12-14-7-15-16(12)3/h4-8H,13H2,1-3H3. The summed E-state index contributed by atoms with van der Waals surface area (Å²) in [5.41, 5.74) is 6.54. The first kappa shape index (κ1) is 12.8. The second kappa shape index (κ2) is 5.30. The van der Waals surface area contributed by atoms with E-state index in [1.807, 2.05) is 39.1 Å². The molecule has 2 rings (SSSR count). The minimum Gasteiger partial charge on any atom is -0.491 e. The molecule has 2 aromatic rings. The van der Waals surface area contributed by atoms with Crippen molar-refractivity contribution in [1.82, 2.24) is 14.8 Å². The summed E-state index contributed by atoms with van der Waals surface area (Å²) in [6.07, 6.45) is 1.65. The number of aryl methyl sites for hydroxylation is 1. The Balaban J connectivity index is 2.23. The highest BCUT2D eigenvalue weighted by Crippen LogP contribution is 2.31. The summed E-state index contributed by atoms with van der Waals surface area (Å²) in [6, 6.07) is 5.67. The molecule has 2 N–H and O–H groups in total. The van der Waals surface area contributed by atoms with E-state index in [1.165, 1.54) is 18.1 Å². The number of aromatic nitrogens is 3. The molecule has 5 nitrogen and oxygen atoms in total. The summed E-state index contributed by atoms with van der Waals surface area (Å²) >= 11 is 1.51. The lowest BCUT2D eigenvalue weighted by molar-refractivity contribution is 0.242. The molecule has 0 amide bonds. The minimum atomic E-state index is 0.125. The van der Waals surface area contributed by atoms with E-state index in [9.17, 15) is 0 Å². The molecule has 0 aliphatic carbocycles. The van der Waals surface area contributed by atoms with Gasteiger partial charge in [0.1, 0.15) is 12.1 Å². The lowest BCUT2D eigenvalue weighted by atomic mass is 10.3. The van der Waals surface area contributed by atoms with E-state index in [0.29, 0.717) is 5.69 Å². The predicted molar refractivity (Wildman–Crippen MR) is 71.7 cm³/mol. The molecule has 6 heteroatoms. The number of nitrogens with two attached hydrogens (primary N) is 1. The van der Waals surface area contributed by atoms with Gasteiger partial charge in [0.2, 0.25) is 0 Å². The summed E-state index contributed by atoms with van der Waals surface area (Å²) in [5, 5.41) is 4.84. The van der Waals surface area contributed by atoms with Crippen LogP contribution in [0.1, 0.15) is 13.8 Å². The molecular formula is C12H16N4OS. The van der Waals surface area contributed by atoms with Crippen LogP contribution in [-0.4, -0.2) is 20.9 Å². The predicted octanol–water partition coefficient (Wildman–Crippen LogP) is 2.34. The molecule has 0 spiro atoms. The van der Waals surface area contributed by atoms with Crippen molar-refractivity contribution < 1.29 is 4.74 Å². The van der Waals surface area contributed by atoms with E-state index in [2.05, 4.69) is 10.1 Å². The van der Waals surface area contributed by atoms with Crippen LogP contribution in [0.5, 0.6) is 5.75 Å². The lowest BCUT2D eigenvalue weighted by Gasteiger charge is -2.11. The van der Waals surface area contributed by atoms with Gasteiger partial charge in [-0.3, -0.25) is 0 Å². The molecule has 0 fully saturated rings. The number of nitrogens with zero attached hydrogens (tertiary/aromatic N) is 3. The summed E-state index contributed by atoms with van der Waals surface area (Å²) in [5.74, 6) is 0.773. The third kappa shape index (κ3) is 3.16. The van der Waals surface area contributed by atoms with Gasteiger partial charge >= 0.3 is 0 Å². The lowest BCUT2D eigenvalue weighted by Crippen LogP contribution is -2.05. The average molecular weight is 264 g/mol. The third-order valence-corrected chi connectivity index (χ3v) is 3.18. The average Bonchev–Trinajstić information content (AvgIpc) is 2.62. The molecule has 0 bridgehead atoms. The van der Waals surface area contributed by atoms with Crippen molar-refractivity contribution in [2.45, 2.75) is 30.0 Å². The second-order valence-corrected chi connectivity index (χ2v) is 5.21. The fourth-order valence-corrected chi connectivity index (χ4v) is 2.34. The Morgan fingerprint density at radius 1 is 1.33 bits per heavy atom. The number of rotatable bonds is 4. The van der Waals surface area contributed by atoms with Gasteiger partial charge in [0.15, 0.2) is 5.16 Å². The smallest absolute Gasteiger partial charge is 0.190 e. The molecular weight excluding hydrogens is 248 g/mol.